The van der Waals surface area contributed by atoms with E-state index in [1.807, 2.05) is 36.4 Å². The van der Waals surface area contributed by atoms with Crippen LogP contribution in [0.1, 0.15) is 39.5 Å². The molecule has 0 atom stereocenters. The zero-order chi connectivity index (χ0) is 18.2. The fourth-order valence-corrected chi connectivity index (χ4v) is 2.70. The molecule has 0 aliphatic carbocycles. The Balaban J connectivity index is 2.02. The lowest BCUT2D eigenvalue weighted by Gasteiger charge is -2.16. The Hall–Kier alpha value is -2.62. The molecule has 3 aromatic rings. The molecule has 0 aliphatic rings. The molecule has 0 unspecified atom stereocenters. The van der Waals surface area contributed by atoms with E-state index < -0.39 is 0 Å². The van der Waals surface area contributed by atoms with Crippen LogP contribution in [-0.4, -0.2) is 13.2 Å². The van der Waals surface area contributed by atoms with Gasteiger partial charge in [-0.15, -0.1) is 0 Å². The van der Waals surface area contributed by atoms with E-state index in [-0.39, 0.29) is 0 Å². The van der Waals surface area contributed by atoms with Crippen LogP contribution in [0, 0.1) is 0 Å². The van der Waals surface area contributed by atoms with Crippen molar-refractivity contribution in [1.29, 1.82) is 0 Å². The summed E-state index contributed by atoms with van der Waals surface area (Å²) in [5.74, 6) is 3.09. The Kier molecular flexibility index (Phi) is 6.42. The van der Waals surface area contributed by atoms with Crippen LogP contribution in [0.5, 0.6) is 11.5 Å². The molecule has 4 heteroatoms. The Bertz CT molecular complexity index is 705. The fourth-order valence-electron chi connectivity index (χ4n) is 2.70. The average Bonchev–Trinajstić information content (AvgIpc) is 3.36. The maximum Gasteiger partial charge on any atom is 0.137 e. The first-order chi connectivity index (χ1) is 12.8. The van der Waals surface area contributed by atoms with Gasteiger partial charge in [0.25, 0.3) is 0 Å². The quantitative estimate of drug-likeness (QED) is 0.386. The number of hydrogen-bond acceptors (Lipinski definition) is 4. The molecule has 138 valence electrons. The molecule has 26 heavy (non-hydrogen) atoms. The predicted molar refractivity (Wildman–Crippen MR) is 103 cm³/mol. The van der Waals surface area contributed by atoms with Gasteiger partial charge in [-0.3, -0.25) is 0 Å². The van der Waals surface area contributed by atoms with Crippen molar-refractivity contribution < 1.29 is 18.3 Å². The molecule has 0 saturated carbocycles. The van der Waals surface area contributed by atoms with E-state index in [4.69, 9.17) is 18.3 Å². The minimum atomic E-state index is 0.665. The number of ether oxygens (including phenoxy) is 2. The lowest BCUT2D eigenvalue weighted by molar-refractivity contribution is 0.302. The normalized spacial score (nSPS) is 10.8. The molecule has 0 bridgehead atoms. The Morgan fingerprint density at radius 1 is 0.731 bits per heavy atom. The highest BCUT2D eigenvalue weighted by molar-refractivity contribution is 5.77. The Labute approximate surface area is 154 Å². The first kappa shape index (κ1) is 18.2. The molecule has 2 heterocycles. The van der Waals surface area contributed by atoms with E-state index >= 15 is 0 Å². The van der Waals surface area contributed by atoms with Gasteiger partial charge in [0, 0.05) is 0 Å². The van der Waals surface area contributed by atoms with E-state index in [0.29, 0.717) is 13.2 Å². The third kappa shape index (κ3) is 4.31. The van der Waals surface area contributed by atoms with Crippen molar-refractivity contribution in [3.63, 3.8) is 0 Å². The summed E-state index contributed by atoms with van der Waals surface area (Å²) in [7, 11) is 0. The first-order valence-corrected chi connectivity index (χ1v) is 9.34. The summed E-state index contributed by atoms with van der Waals surface area (Å²) in [4.78, 5) is 0. The molecule has 0 amide bonds. The van der Waals surface area contributed by atoms with E-state index in [2.05, 4.69) is 13.8 Å². The molecule has 0 radical (unpaired) electrons. The molecule has 0 aliphatic heterocycles. The Morgan fingerprint density at radius 2 is 1.19 bits per heavy atom. The summed E-state index contributed by atoms with van der Waals surface area (Å²) < 4.78 is 23.4. The molecule has 0 N–H and O–H groups in total. The molecule has 2 aromatic heterocycles. The Morgan fingerprint density at radius 3 is 1.54 bits per heavy atom. The van der Waals surface area contributed by atoms with Crippen LogP contribution in [-0.2, 0) is 0 Å². The highest BCUT2D eigenvalue weighted by Gasteiger charge is 2.18. The summed E-state index contributed by atoms with van der Waals surface area (Å²) in [5, 5.41) is 0. The van der Waals surface area contributed by atoms with E-state index in [1.165, 1.54) is 0 Å². The third-order valence-corrected chi connectivity index (χ3v) is 4.17. The van der Waals surface area contributed by atoms with Gasteiger partial charge in [-0.05, 0) is 49.2 Å². The van der Waals surface area contributed by atoms with Crippen molar-refractivity contribution in [3.05, 3.63) is 48.9 Å². The molecule has 1 aromatic carbocycles. The van der Waals surface area contributed by atoms with Crippen molar-refractivity contribution >= 4 is 0 Å². The minimum Gasteiger partial charge on any atom is -0.493 e. The molecular weight excluding hydrogens is 328 g/mol. The van der Waals surface area contributed by atoms with Crippen LogP contribution in [0.25, 0.3) is 22.6 Å². The van der Waals surface area contributed by atoms with Crippen molar-refractivity contribution in [2.75, 3.05) is 13.2 Å². The number of furan rings is 2. The van der Waals surface area contributed by atoms with Crippen LogP contribution >= 0.6 is 0 Å². The first-order valence-electron chi connectivity index (χ1n) is 9.34. The van der Waals surface area contributed by atoms with Gasteiger partial charge in [-0.1, -0.05) is 26.7 Å². The zero-order valence-electron chi connectivity index (χ0n) is 15.5. The van der Waals surface area contributed by atoms with Gasteiger partial charge in [0.1, 0.15) is 23.0 Å². The van der Waals surface area contributed by atoms with Crippen LogP contribution < -0.4 is 9.47 Å². The summed E-state index contributed by atoms with van der Waals surface area (Å²) in [5.41, 5.74) is 1.79. The summed E-state index contributed by atoms with van der Waals surface area (Å²) in [6.07, 6.45) is 7.51. The molecule has 0 fully saturated rings. The molecule has 0 saturated heterocycles. The zero-order valence-corrected chi connectivity index (χ0v) is 15.5. The van der Waals surface area contributed by atoms with Crippen LogP contribution in [0.2, 0.25) is 0 Å². The molecule has 3 rings (SSSR count). The van der Waals surface area contributed by atoms with Crippen molar-refractivity contribution in [2.24, 2.45) is 0 Å². The number of rotatable bonds is 10. The van der Waals surface area contributed by atoms with E-state index in [0.717, 1.165) is 59.8 Å². The second-order valence-electron chi connectivity index (χ2n) is 6.20. The summed E-state index contributed by atoms with van der Waals surface area (Å²) in [6.45, 7) is 5.63. The second-order valence-corrected chi connectivity index (χ2v) is 6.20. The number of benzene rings is 1. The third-order valence-electron chi connectivity index (χ3n) is 4.17. The number of unbranched alkanes of at least 4 members (excludes halogenated alkanes) is 2. The van der Waals surface area contributed by atoms with Gasteiger partial charge < -0.3 is 18.3 Å². The van der Waals surface area contributed by atoms with Crippen molar-refractivity contribution in [3.8, 4) is 34.1 Å². The standard InChI is InChI=1S/C22H26O4/c1-3-5-11-25-21-15-18(20-10-8-14-24-20)22(26-12-6-4-2)16-17(21)19-9-7-13-23-19/h7-10,13-16H,3-6,11-12H2,1-2H3. The maximum atomic E-state index is 6.06. The summed E-state index contributed by atoms with van der Waals surface area (Å²) in [6, 6.07) is 11.6. The lowest BCUT2D eigenvalue weighted by atomic mass is 10.0. The van der Waals surface area contributed by atoms with E-state index in [9.17, 15) is 0 Å². The van der Waals surface area contributed by atoms with Crippen LogP contribution in [0.3, 0.4) is 0 Å². The van der Waals surface area contributed by atoms with Crippen LogP contribution in [0.4, 0.5) is 0 Å². The second kappa shape index (κ2) is 9.18. The van der Waals surface area contributed by atoms with Crippen LogP contribution in [0.15, 0.2) is 57.8 Å². The van der Waals surface area contributed by atoms with Gasteiger partial charge >= 0.3 is 0 Å². The van der Waals surface area contributed by atoms with Gasteiger partial charge in [0.15, 0.2) is 0 Å². The monoisotopic (exact) mass is 354 g/mol. The predicted octanol–water partition coefficient (Wildman–Crippen LogP) is 6.56. The van der Waals surface area contributed by atoms with Crippen molar-refractivity contribution in [1.82, 2.24) is 0 Å². The maximum absolute atomic E-state index is 6.06. The highest BCUT2D eigenvalue weighted by atomic mass is 16.5. The fraction of sp³-hybridized carbons (Fsp3) is 0.364. The smallest absolute Gasteiger partial charge is 0.137 e. The van der Waals surface area contributed by atoms with Gasteiger partial charge in [0.05, 0.1) is 36.9 Å². The van der Waals surface area contributed by atoms with Gasteiger partial charge in [0.2, 0.25) is 0 Å². The largest absolute Gasteiger partial charge is 0.493 e. The molecular formula is C22H26O4. The van der Waals surface area contributed by atoms with E-state index in [1.54, 1.807) is 12.5 Å². The highest BCUT2D eigenvalue weighted by Crippen LogP contribution is 2.41. The molecule has 0 spiro atoms. The minimum absolute atomic E-state index is 0.665. The average molecular weight is 354 g/mol. The van der Waals surface area contributed by atoms with Gasteiger partial charge in [-0.25, -0.2) is 0 Å². The van der Waals surface area contributed by atoms with Gasteiger partial charge in [-0.2, -0.15) is 0 Å². The van der Waals surface area contributed by atoms with Crippen molar-refractivity contribution in [2.45, 2.75) is 39.5 Å². The number of hydrogen-bond donors (Lipinski definition) is 0. The molecule has 4 nitrogen and oxygen atoms in total. The topological polar surface area (TPSA) is 44.7 Å². The summed E-state index contributed by atoms with van der Waals surface area (Å²) >= 11 is 0. The lowest BCUT2D eigenvalue weighted by Crippen LogP contribution is -2.02. The SMILES string of the molecule is CCCCOc1cc(-c2ccco2)c(OCCCC)cc1-c1ccco1.